The fraction of sp³-hybridized carbons (Fsp3) is 0.647. The van der Waals surface area contributed by atoms with Gasteiger partial charge in [0.1, 0.15) is 0 Å². The van der Waals surface area contributed by atoms with Crippen LogP contribution in [-0.4, -0.2) is 6.04 Å². The molecule has 0 saturated carbocycles. The first kappa shape index (κ1) is 15.2. The van der Waals surface area contributed by atoms with E-state index < -0.39 is 0 Å². The normalized spacial score (nSPS) is 14.6. The second-order valence-corrected chi connectivity index (χ2v) is 7.50. The molecule has 0 aromatic heterocycles. The Hall–Kier alpha value is -0.820. The molecule has 1 heteroatoms. The van der Waals surface area contributed by atoms with Crippen LogP contribution in [0.25, 0.3) is 0 Å². The molecule has 0 radical (unpaired) electrons. The van der Waals surface area contributed by atoms with Crippen molar-refractivity contribution in [2.24, 2.45) is 11.1 Å². The lowest BCUT2D eigenvalue weighted by molar-refractivity contribution is 0.284. The van der Waals surface area contributed by atoms with E-state index in [9.17, 15) is 0 Å². The first-order chi connectivity index (χ1) is 8.10. The van der Waals surface area contributed by atoms with Crippen LogP contribution in [0.2, 0.25) is 0 Å². The van der Waals surface area contributed by atoms with Gasteiger partial charge in [-0.25, -0.2) is 0 Å². The molecule has 1 aromatic rings. The molecule has 102 valence electrons. The topological polar surface area (TPSA) is 26.0 Å². The Balaban J connectivity index is 2.84. The molecule has 0 fully saturated rings. The Morgan fingerprint density at radius 2 is 1.50 bits per heavy atom. The minimum Gasteiger partial charge on any atom is -0.328 e. The van der Waals surface area contributed by atoms with E-state index in [1.165, 1.54) is 17.5 Å². The van der Waals surface area contributed by atoms with Crippen LogP contribution in [-0.2, 0) is 11.8 Å². The van der Waals surface area contributed by atoms with Crippen LogP contribution in [0, 0.1) is 5.41 Å². The van der Waals surface area contributed by atoms with E-state index in [-0.39, 0.29) is 11.5 Å². The van der Waals surface area contributed by atoms with Crippen LogP contribution >= 0.6 is 0 Å². The van der Waals surface area contributed by atoms with Crippen molar-refractivity contribution >= 4 is 0 Å². The molecule has 0 spiro atoms. The molecule has 1 aromatic carbocycles. The molecule has 1 rings (SSSR count). The van der Waals surface area contributed by atoms with E-state index in [1.54, 1.807) is 0 Å². The van der Waals surface area contributed by atoms with Crippen molar-refractivity contribution in [2.45, 2.75) is 65.8 Å². The van der Waals surface area contributed by atoms with Gasteiger partial charge in [0.15, 0.2) is 0 Å². The average Bonchev–Trinajstić information content (AvgIpc) is 2.13. The highest BCUT2D eigenvalue weighted by Crippen LogP contribution is 2.36. The largest absolute Gasteiger partial charge is 0.328 e. The van der Waals surface area contributed by atoms with Gasteiger partial charge in [0, 0.05) is 6.04 Å². The van der Waals surface area contributed by atoms with Crippen LogP contribution in [0.1, 0.15) is 59.1 Å². The standard InChI is InChI=1S/C17H29N/c1-13(18)11-14-7-9-15(10-8-14)17(5,6)12-16(2,3)4/h7-10,13H,11-12,18H2,1-6H3. The van der Waals surface area contributed by atoms with Gasteiger partial charge in [0.25, 0.3) is 0 Å². The van der Waals surface area contributed by atoms with E-state index >= 15 is 0 Å². The fourth-order valence-electron chi connectivity index (χ4n) is 2.89. The summed E-state index contributed by atoms with van der Waals surface area (Å²) in [6.45, 7) is 13.6. The van der Waals surface area contributed by atoms with Gasteiger partial charge in [-0.15, -0.1) is 0 Å². The fourth-order valence-corrected chi connectivity index (χ4v) is 2.89. The molecule has 2 N–H and O–H groups in total. The van der Waals surface area contributed by atoms with Crippen molar-refractivity contribution in [3.8, 4) is 0 Å². The Kier molecular flexibility index (Phi) is 4.61. The zero-order chi connectivity index (χ0) is 14.0. The number of hydrogen-bond acceptors (Lipinski definition) is 1. The highest BCUT2D eigenvalue weighted by molar-refractivity contribution is 5.28. The maximum atomic E-state index is 5.83. The van der Waals surface area contributed by atoms with Crippen LogP contribution in [0.15, 0.2) is 24.3 Å². The zero-order valence-corrected chi connectivity index (χ0v) is 12.9. The molecule has 0 saturated heterocycles. The van der Waals surface area contributed by atoms with Crippen molar-refractivity contribution in [1.82, 2.24) is 0 Å². The van der Waals surface area contributed by atoms with Crippen molar-refractivity contribution in [3.05, 3.63) is 35.4 Å². The van der Waals surface area contributed by atoms with Gasteiger partial charge in [-0.05, 0) is 41.7 Å². The predicted molar refractivity (Wildman–Crippen MR) is 80.9 cm³/mol. The monoisotopic (exact) mass is 247 g/mol. The first-order valence-electron chi connectivity index (χ1n) is 6.95. The van der Waals surface area contributed by atoms with Gasteiger partial charge in [0.2, 0.25) is 0 Å². The number of hydrogen-bond donors (Lipinski definition) is 1. The third-order valence-corrected chi connectivity index (χ3v) is 3.27. The SMILES string of the molecule is CC(N)Cc1ccc(C(C)(C)CC(C)(C)C)cc1. The van der Waals surface area contributed by atoms with Crippen LogP contribution in [0.3, 0.4) is 0 Å². The second-order valence-electron chi connectivity index (χ2n) is 7.50. The molecule has 0 aliphatic rings. The molecular weight excluding hydrogens is 218 g/mol. The second kappa shape index (κ2) is 5.44. The summed E-state index contributed by atoms with van der Waals surface area (Å²) in [5.41, 5.74) is 9.17. The maximum absolute atomic E-state index is 5.83. The van der Waals surface area contributed by atoms with Crippen LogP contribution in [0.4, 0.5) is 0 Å². The smallest absolute Gasteiger partial charge is 0.00509 e. The predicted octanol–water partition coefficient (Wildman–Crippen LogP) is 4.29. The summed E-state index contributed by atoms with van der Waals surface area (Å²) < 4.78 is 0. The summed E-state index contributed by atoms with van der Waals surface area (Å²) in [6.07, 6.45) is 2.15. The number of benzene rings is 1. The Bertz CT molecular complexity index is 366. The lowest BCUT2D eigenvalue weighted by Gasteiger charge is -2.33. The third kappa shape index (κ3) is 4.81. The highest BCUT2D eigenvalue weighted by Gasteiger charge is 2.26. The van der Waals surface area contributed by atoms with Crippen LogP contribution in [0.5, 0.6) is 0 Å². The Morgan fingerprint density at radius 3 is 1.89 bits per heavy atom. The van der Waals surface area contributed by atoms with E-state index in [0.29, 0.717) is 5.41 Å². The molecule has 18 heavy (non-hydrogen) atoms. The van der Waals surface area contributed by atoms with Gasteiger partial charge in [0.05, 0.1) is 0 Å². The summed E-state index contributed by atoms with van der Waals surface area (Å²) in [6, 6.07) is 9.22. The summed E-state index contributed by atoms with van der Waals surface area (Å²) in [4.78, 5) is 0. The van der Waals surface area contributed by atoms with Gasteiger partial charge >= 0.3 is 0 Å². The lowest BCUT2D eigenvalue weighted by Crippen LogP contribution is -2.25. The molecule has 1 unspecified atom stereocenters. The average molecular weight is 247 g/mol. The molecule has 0 aliphatic heterocycles. The quantitative estimate of drug-likeness (QED) is 0.844. The lowest BCUT2D eigenvalue weighted by atomic mass is 9.72. The summed E-state index contributed by atoms with van der Waals surface area (Å²) in [7, 11) is 0. The minimum absolute atomic E-state index is 0.227. The van der Waals surface area contributed by atoms with Crippen molar-refractivity contribution in [1.29, 1.82) is 0 Å². The van der Waals surface area contributed by atoms with Crippen molar-refractivity contribution < 1.29 is 0 Å². The molecule has 0 amide bonds. The van der Waals surface area contributed by atoms with Crippen molar-refractivity contribution in [3.63, 3.8) is 0 Å². The van der Waals surface area contributed by atoms with Gasteiger partial charge in [-0.3, -0.25) is 0 Å². The molecule has 0 bridgehead atoms. The van der Waals surface area contributed by atoms with Crippen LogP contribution < -0.4 is 5.73 Å². The van der Waals surface area contributed by atoms with Gasteiger partial charge in [-0.2, -0.15) is 0 Å². The summed E-state index contributed by atoms with van der Waals surface area (Å²) >= 11 is 0. The molecule has 0 heterocycles. The van der Waals surface area contributed by atoms with Crippen molar-refractivity contribution in [2.75, 3.05) is 0 Å². The number of rotatable bonds is 4. The van der Waals surface area contributed by atoms with E-state index in [0.717, 1.165) is 6.42 Å². The Morgan fingerprint density at radius 1 is 1.00 bits per heavy atom. The summed E-state index contributed by atoms with van der Waals surface area (Å²) in [5, 5.41) is 0. The number of nitrogens with two attached hydrogens (primary N) is 1. The third-order valence-electron chi connectivity index (χ3n) is 3.27. The van der Waals surface area contributed by atoms with Gasteiger partial charge in [-0.1, -0.05) is 58.9 Å². The zero-order valence-electron chi connectivity index (χ0n) is 12.9. The molecular formula is C17H29N. The minimum atomic E-state index is 0.227. The Labute approximate surface area is 113 Å². The highest BCUT2D eigenvalue weighted by atomic mass is 14.6. The first-order valence-corrected chi connectivity index (χ1v) is 6.95. The summed E-state index contributed by atoms with van der Waals surface area (Å²) in [5.74, 6) is 0. The molecule has 1 atom stereocenters. The van der Waals surface area contributed by atoms with E-state index in [4.69, 9.17) is 5.73 Å². The van der Waals surface area contributed by atoms with E-state index in [1.807, 2.05) is 0 Å². The molecule has 0 aliphatic carbocycles. The van der Waals surface area contributed by atoms with Gasteiger partial charge < -0.3 is 5.73 Å². The maximum Gasteiger partial charge on any atom is 0.00509 e. The van der Waals surface area contributed by atoms with E-state index in [2.05, 4.69) is 65.8 Å². The molecule has 1 nitrogen and oxygen atoms in total.